The third-order valence-electron chi connectivity index (χ3n) is 4.00. The highest BCUT2D eigenvalue weighted by Gasteiger charge is 2.44. The number of rotatable bonds is 6. The van der Waals surface area contributed by atoms with Crippen LogP contribution in [0.3, 0.4) is 0 Å². The number of hydrogen-bond donors (Lipinski definition) is 2. The number of nitrogens with one attached hydrogen (secondary N) is 1. The van der Waals surface area contributed by atoms with E-state index in [0.717, 1.165) is 25.7 Å². The Labute approximate surface area is 113 Å². The smallest absolute Gasteiger partial charge is 0.329 e. The van der Waals surface area contributed by atoms with E-state index in [1.54, 1.807) is 12.0 Å². The molecule has 2 fully saturated rings. The molecule has 0 spiro atoms. The van der Waals surface area contributed by atoms with Crippen molar-refractivity contribution in [1.29, 1.82) is 0 Å². The average molecular weight is 270 g/mol. The predicted molar refractivity (Wildman–Crippen MR) is 69.0 cm³/mol. The number of ether oxygens (including phenoxy) is 1. The first kappa shape index (κ1) is 14.1. The summed E-state index contributed by atoms with van der Waals surface area (Å²) in [5, 5.41) is 12.1. The van der Waals surface area contributed by atoms with Crippen LogP contribution in [0.1, 0.15) is 38.5 Å². The topological polar surface area (TPSA) is 78.9 Å². The minimum atomic E-state index is -1.06. The van der Waals surface area contributed by atoms with Crippen LogP contribution in [-0.4, -0.2) is 53.8 Å². The maximum absolute atomic E-state index is 12.3. The fourth-order valence-electron chi connectivity index (χ4n) is 2.67. The molecular formula is C13H22N2O4. The summed E-state index contributed by atoms with van der Waals surface area (Å²) in [7, 11) is 1.60. The van der Waals surface area contributed by atoms with Crippen molar-refractivity contribution >= 4 is 12.0 Å². The van der Waals surface area contributed by atoms with Gasteiger partial charge in [-0.1, -0.05) is 12.8 Å². The van der Waals surface area contributed by atoms with Crippen LogP contribution in [0.2, 0.25) is 0 Å². The molecule has 2 amide bonds. The first-order chi connectivity index (χ1) is 9.09. The van der Waals surface area contributed by atoms with E-state index in [0.29, 0.717) is 26.0 Å². The summed E-state index contributed by atoms with van der Waals surface area (Å²) in [6, 6.07) is -0.00810. The monoisotopic (exact) mass is 270 g/mol. The summed E-state index contributed by atoms with van der Waals surface area (Å²) >= 11 is 0. The quantitative estimate of drug-likeness (QED) is 0.760. The van der Waals surface area contributed by atoms with Crippen molar-refractivity contribution < 1.29 is 19.4 Å². The second-order valence-corrected chi connectivity index (χ2v) is 5.44. The highest BCUT2D eigenvalue weighted by molar-refractivity contribution is 5.86. The van der Waals surface area contributed by atoms with Gasteiger partial charge in [0, 0.05) is 19.7 Å². The second kappa shape index (κ2) is 5.77. The molecule has 0 heterocycles. The van der Waals surface area contributed by atoms with E-state index in [2.05, 4.69) is 5.32 Å². The Bertz CT molecular complexity index is 349. The number of hydrogen-bond acceptors (Lipinski definition) is 3. The molecular weight excluding hydrogens is 248 g/mol. The molecule has 6 heteroatoms. The van der Waals surface area contributed by atoms with Gasteiger partial charge in [-0.25, -0.2) is 9.59 Å². The number of aliphatic carboxylic acids is 1. The van der Waals surface area contributed by atoms with Gasteiger partial charge in [0.2, 0.25) is 0 Å². The molecule has 0 unspecified atom stereocenters. The zero-order valence-electron chi connectivity index (χ0n) is 11.4. The molecule has 2 rings (SSSR count). The number of amides is 2. The first-order valence-corrected chi connectivity index (χ1v) is 6.90. The molecule has 0 bridgehead atoms. The highest BCUT2D eigenvalue weighted by Crippen LogP contribution is 2.32. The predicted octanol–water partition coefficient (Wildman–Crippen LogP) is 1.20. The normalized spacial score (nSPS) is 21.1. The number of carboxylic acids is 1. The number of carbonyl (C=O) groups is 2. The first-order valence-electron chi connectivity index (χ1n) is 6.90. The van der Waals surface area contributed by atoms with Gasteiger partial charge >= 0.3 is 12.0 Å². The molecule has 2 aliphatic carbocycles. The minimum Gasteiger partial charge on any atom is -0.480 e. The summed E-state index contributed by atoms with van der Waals surface area (Å²) in [6.45, 7) is 0.993. The molecule has 2 saturated carbocycles. The van der Waals surface area contributed by atoms with Crippen molar-refractivity contribution in [3.05, 3.63) is 0 Å². The molecule has 0 atom stereocenters. The van der Waals surface area contributed by atoms with Crippen LogP contribution in [0.5, 0.6) is 0 Å². The lowest BCUT2D eigenvalue weighted by Crippen LogP contribution is -2.57. The standard InChI is InChI=1S/C13H22N2O4/c1-19-9-8-15(10-4-5-10)12(18)14-13(11(16)17)6-2-3-7-13/h10H,2-9H2,1H3,(H,14,18)(H,16,17). The minimum absolute atomic E-state index is 0.252. The van der Waals surface area contributed by atoms with E-state index >= 15 is 0 Å². The summed E-state index contributed by atoms with van der Waals surface area (Å²) in [5.74, 6) is -0.916. The van der Waals surface area contributed by atoms with Crippen molar-refractivity contribution in [3.63, 3.8) is 0 Å². The van der Waals surface area contributed by atoms with Gasteiger partial charge in [0.1, 0.15) is 5.54 Å². The number of carbonyl (C=O) groups excluding carboxylic acids is 1. The van der Waals surface area contributed by atoms with Crippen LogP contribution in [0.25, 0.3) is 0 Å². The molecule has 0 aromatic rings. The number of urea groups is 1. The van der Waals surface area contributed by atoms with E-state index in [9.17, 15) is 14.7 Å². The number of methoxy groups -OCH3 is 1. The van der Waals surface area contributed by atoms with E-state index in [1.807, 2.05) is 0 Å². The third-order valence-corrected chi connectivity index (χ3v) is 4.00. The van der Waals surface area contributed by atoms with Gasteiger partial charge in [0.15, 0.2) is 0 Å². The summed E-state index contributed by atoms with van der Waals surface area (Å²) in [5.41, 5.74) is -1.06. The molecule has 108 valence electrons. The summed E-state index contributed by atoms with van der Waals surface area (Å²) < 4.78 is 5.01. The van der Waals surface area contributed by atoms with Gasteiger partial charge in [-0.2, -0.15) is 0 Å². The zero-order valence-corrected chi connectivity index (χ0v) is 11.4. The lowest BCUT2D eigenvalue weighted by Gasteiger charge is -2.30. The van der Waals surface area contributed by atoms with E-state index < -0.39 is 11.5 Å². The maximum atomic E-state index is 12.3. The second-order valence-electron chi connectivity index (χ2n) is 5.44. The van der Waals surface area contributed by atoms with Gasteiger partial charge in [-0.05, 0) is 25.7 Å². The van der Waals surface area contributed by atoms with Gasteiger partial charge in [0.05, 0.1) is 6.61 Å². The fraction of sp³-hybridized carbons (Fsp3) is 0.846. The average Bonchev–Trinajstić information content (AvgIpc) is 3.09. The van der Waals surface area contributed by atoms with Crippen LogP contribution >= 0.6 is 0 Å². The summed E-state index contributed by atoms with van der Waals surface area (Å²) in [4.78, 5) is 25.4. The molecule has 0 radical (unpaired) electrons. The van der Waals surface area contributed by atoms with Crippen molar-refractivity contribution in [2.75, 3.05) is 20.3 Å². The molecule has 19 heavy (non-hydrogen) atoms. The Kier molecular flexibility index (Phi) is 4.29. The fourth-order valence-corrected chi connectivity index (χ4v) is 2.67. The third kappa shape index (κ3) is 3.18. The van der Waals surface area contributed by atoms with Crippen LogP contribution in [0, 0.1) is 0 Å². The van der Waals surface area contributed by atoms with Crippen molar-refractivity contribution in [3.8, 4) is 0 Å². The largest absolute Gasteiger partial charge is 0.480 e. The molecule has 0 saturated heterocycles. The lowest BCUT2D eigenvalue weighted by atomic mass is 9.98. The Morgan fingerprint density at radius 2 is 2.00 bits per heavy atom. The van der Waals surface area contributed by atoms with Gasteiger partial charge in [0.25, 0.3) is 0 Å². The van der Waals surface area contributed by atoms with Crippen LogP contribution in [-0.2, 0) is 9.53 Å². The summed E-state index contributed by atoms with van der Waals surface area (Å²) in [6.07, 6.45) is 4.75. The molecule has 0 aromatic carbocycles. The Hall–Kier alpha value is -1.30. The van der Waals surface area contributed by atoms with Crippen molar-refractivity contribution in [2.24, 2.45) is 0 Å². The van der Waals surface area contributed by atoms with Crippen LogP contribution < -0.4 is 5.32 Å². The van der Waals surface area contributed by atoms with Crippen LogP contribution in [0.4, 0.5) is 4.79 Å². The van der Waals surface area contributed by atoms with Crippen LogP contribution in [0.15, 0.2) is 0 Å². The number of nitrogens with zero attached hydrogens (tertiary/aromatic N) is 1. The molecule has 2 N–H and O–H groups in total. The van der Waals surface area contributed by atoms with Gasteiger partial charge in [-0.15, -0.1) is 0 Å². The Balaban J connectivity index is 1.98. The Morgan fingerprint density at radius 1 is 1.37 bits per heavy atom. The lowest BCUT2D eigenvalue weighted by molar-refractivity contribution is -0.144. The molecule has 0 aromatic heterocycles. The molecule has 2 aliphatic rings. The van der Waals surface area contributed by atoms with Gasteiger partial charge in [-0.3, -0.25) is 0 Å². The van der Waals surface area contributed by atoms with Crippen molar-refractivity contribution in [1.82, 2.24) is 10.2 Å². The molecule has 6 nitrogen and oxygen atoms in total. The van der Waals surface area contributed by atoms with Gasteiger partial charge < -0.3 is 20.1 Å². The van der Waals surface area contributed by atoms with E-state index in [-0.39, 0.29) is 12.1 Å². The Morgan fingerprint density at radius 3 is 2.47 bits per heavy atom. The zero-order chi connectivity index (χ0) is 13.9. The van der Waals surface area contributed by atoms with E-state index in [4.69, 9.17) is 4.74 Å². The van der Waals surface area contributed by atoms with Crippen molar-refractivity contribution in [2.45, 2.75) is 50.1 Å². The SMILES string of the molecule is COCCN(C(=O)NC1(C(=O)O)CCCC1)C1CC1. The highest BCUT2D eigenvalue weighted by atomic mass is 16.5. The maximum Gasteiger partial charge on any atom is 0.329 e. The number of carboxylic acid groups (broad SMARTS) is 1. The molecule has 0 aliphatic heterocycles. The van der Waals surface area contributed by atoms with E-state index in [1.165, 1.54) is 0 Å².